The van der Waals surface area contributed by atoms with E-state index in [1.54, 1.807) is 0 Å². The van der Waals surface area contributed by atoms with Crippen molar-refractivity contribution in [3.05, 3.63) is 0 Å². The molecule has 0 aliphatic heterocycles. The summed E-state index contributed by atoms with van der Waals surface area (Å²) >= 11 is 0. The Morgan fingerprint density at radius 1 is 1.19 bits per heavy atom. The Hall–Kier alpha value is -0.380. The fraction of sp³-hybridized carbons (Fsp3) is 0.938. The highest BCUT2D eigenvalue weighted by Gasteiger charge is 2.33. The maximum absolute atomic E-state index is 12.3. The van der Waals surface area contributed by atoms with Gasteiger partial charge in [0.25, 0.3) is 7.82 Å². The van der Waals surface area contributed by atoms with Crippen LogP contribution in [0.3, 0.4) is 0 Å². The topological polar surface area (TPSA) is 125 Å². The van der Waals surface area contributed by atoms with Gasteiger partial charge in [-0.25, -0.2) is 4.89 Å². The molecule has 26 heavy (non-hydrogen) atoms. The van der Waals surface area contributed by atoms with Gasteiger partial charge in [-0.15, -0.1) is 0 Å². The van der Waals surface area contributed by atoms with Gasteiger partial charge in [-0.3, -0.25) is 14.6 Å². The number of carbonyl (C=O) groups is 1. The first-order valence-corrected chi connectivity index (χ1v) is 10.4. The van der Waals surface area contributed by atoms with Gasteiger partial charge >= 0.3 is 0 Å². The Morgan fingerprint density at radius 2 is 1.81 bits per heavy atom. The predicted octanol–water partition coefficient (Wildman–Crippen LogP) is 1.34. The van der Waals surface area contributed by atoms with E-state index in [2.05, 4.69) is 11.8 Å². The Kier molecular flexibility index (Phi) is 12.7. The summed E-state index contributed by atoms with van der Waals surface area (Å²) in [7, 11) is 0.800. The number of rotatable bonds is 16. The Bertz CT molecular complexity index is 436. The number of nitrogens with zero attached hydrogens (tertiary/aromatic N) is 1. The van der Waals surface area contributed by atoms with Gasteiger partial charge < -0.3 is 23.5 Å². The van der Waals surface area contributed by atoms with Crippen LogP contribution in [0.4, 0.5) is 0 Å². The first-order valence-electron chi connectivity index (χ1n) is 8.94. The van der Waals surface area contributed by atoms with E-state index < -0.39 is 32.4 Å². The number of phosphoric acid groups is 1. The third-order valence-electron chi connectivity index (χ3n) is 3.75. The predicted molar refractivity (Wildman–Crippen MR) is 94.3 cm³/mol. The molecule has 0 saturated heterocycles. The molecule has 9 nitrogen and oxygen atoms in total. The van der Waals surface area contributed by atoms with Crippen molar-refractivity contribution in [3.63, 3.8) is 0 Å². The van der Waals surface area contributed by atoms with Crippen molar-refractivity contribution in [1.82, 2.24) is 0 Å². The summed E-state index contributed by atoms with van der Waals surface area (Å²) in [5.41, 5.74) is 0. The van der Waals surface area contributed by atoms with Crippen LogP contribution in [0.5, 0.6) is 0 Å². The van der Waals surface area contributed by atoms with Gasteiger partial charge in [0.15, 0.2) is 11.9 Å². The van der Waals surface area contributed by atoms with Crippen molar-refractivity contribution in [2.75, 3.05) is 40.9 Å². The Labute approximate surface area is 156 Å². The summed E-state index contributed by atoms with van der Waals surface area (Å²) in [6.45, 7) is 1.59. The molecule has 10 heteroatoms. The fourth-order valence-corrected chi connectivity index (χ4v) is 3.06. The molecule has 0 spiro atoms. The van der Waals surface area contributed by atoms with Gasteiger partial charge in [0.2, 0.25) is 0 Å². The minimum atomic E-state index is -4.80. The van der Waals surface area contributed by atoms with E-state index in [0.29, 0.717) is 17.4 Å². The lowest BCUT2D eigenvalue weighted by Crippen LogP contribution is -2.41. The third kappa shape index (κ3) is 12.1. The number of Topliss-reactive ketones (excluding diaryl/α,β-unsaturated/α-hetero) is 1. The van der Waals surface area contributed by atoms with Crippen LogP contribution < -0.4 is 4.89 Å². The normalized spacial score (nSPS) is 16.9. The molecule has 0 rings (SSSR count). The second kappa shape index (κ2) is 12.9. The molecule has 0 amide bonds. The molecular weight excluding hydrogens is 365 g/mol. The number of hydrogen-bond donors (Lipinski definition) is 2. The zero-order valence-corrected chi connectivity index (χ0v) is 17.2. The van der Waals surface area contributed by atoms with Crippen molar-refractivity contribution >= 4 is 13.6 Å². The van der Waals surface area contributed by atoms with E-state index in [4.69, 9.17) is 14.3 Å². The van der Waals surface area contributed by atoms with Gasteiger partial charge in [-0.05, 0) is 6.42 Å². The number of unbranched alkanes of at least 4 members (excludes halogenated alkanes) is 4. The van der Waals surface area contributed by atoms with Crippen molar-refractivity contribution in [2.45, 2.75) is 57.7 Å². The molecule has 2 N–H and O–H groups in total. The molecule has 0 aliphatic rings. The monoisotopic (exact) mass is 399 g/mol. The molecule has 0 aromatic carbocycles. The van der Waals surface area contributed by atoms with Crippen LogP contribution in [-0.4, -0.2) is 73.7 Å². The van der Waals surface area contributed by atoms with Gasteiger partial charge in [0.1, 0.15) is 19.3 Å². The van der Waals surface area contributed by atoms with Crippen LogP contribution in [0.25, 0.3) is 0 Å². The summed E-state index contributed by atoms with van der Waals surface area (Å²) in [6, 6.07) is 0. The number of ketones is 1. The lowest BCUT2D eigenvalue weighted by molar-refractivity contribution is -0.870. The van der Waals surface area contributed by atoms with Crippen LogP contribution in [0.15, 0.2) is 0 Å². The molecule has 2 unspecified atom stereocenters. The molecular formula is C16H34NO8P. The van der Waals surface area contributed by atoms with Crippen LogP contribution in [-0.2, 0) is 23.3 Å². The number of likely N-dealkylation sites (N-methyl/N-ethyl adjacent to an activating group) is 1. The number of carbonyl (C=O) groups excluding carboxylic acids is 1. The quantitative estimate of drug-likeness (QED) is 0.131. The Balaban J connectivity index is 4.75. The summed E-state index contributed by atoms with van der Waals surface area (Å²) in [6.07, 6.45) is 1.40. The van der Waals surface area contributed by atoms with Crippen molar-refractivity contribution in [2.24, 2.45) is 0 Å². The van der Waals surface area contributed by atoms with Crippen LogP contribution in [0.1, 0.15) is 45.4 Å². The van der Waals surface area contributed by atoms with Crippen molar-refractivity contribution in [3.8, 4) is 0 Å². The third-order valence-corrected chi connectivity index (χ3v) is 4.74. The highest BCUT2D eigenvalue weighted by molar-refractivity contribution is 7.45. The summed E-state index contributed by atoms with van der Waals surface area (Å²) < 4.78 is 22.1. The van der Waals surface area contributed by atoms with Crippen LogP contribution >= 0.6 is 7.82 Å². The van der Waals surface area contributed by atoms with E-state index in [-0.39, 0.29) is 13.0 Å². The Morgan fingerprint density at radius 3 is 2.31 bits per heavy atom. The maximum Gasteiger partial charge on any atom is 0.268 e. The van der Waals surface area contributed by atoms with E-state index in [1.807, 2.05) is 21.1 Å². The van der Waals surface area contributed by atoms with Gasteiger partial charge in [0.05, 0.1) is 27.7 Å². The molecule has 156 valence electrons. The molecule has 0 radical (unpaired) electrons. The van der Waals surface area contributed by atoms with Crippen LogP contribution in [0.2, 0.25) is 0 Å². The van der Waals surface area contributed by atoms with Gasteiger partial charge in [-0.1, -0.05) is 32.6 Å². The first-order chi connectivity index (χ1) is 12.1. The summed E-state index contributed by atoms with van der Waals surface area (Å²) in [4.78, 5) is 28.3. The molecule has 0 aliphatic carbocycles. The highest BCUT2D eigenvalue weighted by Crippen LogP contribution is 2.41. The smallest absolute Gasteiger partial charge is 0.268 e. The number of aliphatic hydroxyl groups excluding tert-OH is 1. The second-order valence-electron chi connectivity index (χ2n) is 7.28. The summed E-state index contributed by atoms with van der Waals surface area (Å²) in [5, 5.41) is 18.1. The number of phosphoric ester groups is 1. The zero-order chi connectivity index (χ0) is 20.2. The molecule has 0 saturated carbocycles. The van der Waals surface area contributed by atoms with E-state index in [0.717, 1.165) is 25.7 Å². The lowest BCUT2D eigenvalue weighted by Gasteiger charge is -2.31. The molecule has 0 aromatic heterocycles. The van der Waals surface area contributed by atoms with Crippen molar-refractivity contribution < 1.29 is 43.0 Å². The zero-order valence-electron chi connectivity index (χ0n) is 16.3. The SMILES string of the molecule is CCCCCCCC(=O)C(OP(=O)([O-])OCC[N+](C)(C)C)[C@H](CO)OO. The molecule has 3 atom stereocenters. The maximum atomic E-state index is 12.3. The van der Waals surface area contributed by atoms with E-state index >= 15 is 0 Å². The van der Waals surface area contributed by atoms with Gasteiger partial charge in [0, 0.05) is 6.42 Å². The minimum Gasteiger partial charge on any atom is -0.756 e. The second-order valence-corrected chi connectivity index (χ2v) is 8.64. The summed E-state index contributed by atoms with van der Waals surface area (Å²) in [5.74, 6) is -0.569. The number of aliphatic hydroxyl groups is 1. The first kappa shape index (κ1) is 25.6. The fourth-order valence-electron chi connectivity index (χ4n) is 2.16. The molecule has 0 bridgehead atoms. The minimum absolute atomic E-state index is 0.0626. The molecule has 0 heterocycles. The van der Waals surface area contributed by atoms with Gasteiger partial charge in [-0.2, -0.15) is 0 Å². The molecule has 0 aromatic rings. The number of hydrogen-bond acceptors (Lipinski definition) is 8. The molecule has 0 fully saturated rings. The average molecular weight is 399 g/mol. The highest BCUT2D eigenvalue weighted by atomic mass is 31.2. The number of quaternary nitrogens is 1. The van der Waals surface area contributed by atoms with E-state index in [9.17, 15) is 19.4 Å². The largest absolute Gasteiger partial charge is 0.756 e. The average Bonchev–Trinajstić information content (AvgIpc) is 2.53. The standard InChI is InChI=1S/C16H34NO8P/c1-5-6-7-8-9-10-14(19)16(15(13-18)24-20)25-26(21,22)23-12-11-17(2,3)4/h15-16,18H,5-13H2,1-4H3,(H-,20,21,22)/t15-,16?/m0/s1. The van der Waals surface area contributed by atoms with Crippen molar-refractivity contribution in [1.29, 1.82) is 0 Å². The van der Waals surface area contributed by atoms with Crippen LogP contribution in [0, 0.1) is 0 Å². The van der Waals surface area contributed by atoms with E-state index in [1.165, 1.54) is 0 Å². The lowest BCUT2D eigenvalue weighted by atomic mass is 10.0.